The van der Waals surface area contributed by atoms with Gasteiger partial charge in [0.1, 0.15) is 18.1 Å². The zero-order chi connectivity index (χ0) is 24.3. The Kier molecular flexibility index (Phi) is 7.27. The molecule has 0 bridgehead atoms. The first kappa shape index (κ1) is 24.3. The van der Waals surface area contributed by atoms with Gasteiger partial charge in [-0.25, -0.2) is 37.1 Å². The number of carbonyl (C=O) groups excluding carboxylic acids is 1. The molecule has 12 heteroatoms. The quantitative estimate of drug-likeness (QED) is 0.556. The normalized spacial score (nSPS) is 25.0. The van der Waals surface area contributed by atoms with Crippen molar-refractivity contribution < 1.29 is 26.7 Å². The molecule has 4 rings (SSSR count). The zero-order valence-electron chi connectivity index (χ0n) is 18.4. The molecule has 0 aliphatic heterocycles. The van der Waals surface area contributed by atoms with Crippen LogP contribution in [0.25, 0.3) is 0 Å². The van der Waals surface area contributed by atoms with E-state index < -0.39 is 34.1 Å². The van der Waals surface area contributed by atoms with Crippen molar-refractivity contribution in [3.8, 4) is 0 Å². The van der Waals surface area contributed by atoms with Crippen molar-refractivity contribution in [1.82, 2.24) is 15.3 Å². The van der Waals surface area contributed by atoms with Crippen LogP contribution in [0.1, 0.15) is 56.4 Å². The number of alkyl halides is 1. The number of ether oxygens (including phenoxy) is 1. The molecule has 34 heavy (non-hydrogen) atoms. The topological polar surface area (TPSA) is 136 Å². The summed E-state index contributed by atoms with van der Waals surface area (Å²) in [5.74, 6) is -0.564. The first-order valence-electron chi connectivity index (χ1n) is 11.2. The summed E-state index contributed by atoms with van der Waals surface area (Å²) < 4.78 is 56.3. The third kappa shape index (κ3) is 5.98. The van der Waals surface area contributed by atoms with Crippen LogP contribution < -0.4 is 15.8 Å². The maximum Gasteiger partial charge on any atom is 0.407 e. The third-order valence-corrected chi connectivity index (χ3v) is 7.21. The van der Waals surface area contributed by atoms with E-state index >= 15 is 0 Å². The van der Waals surface area contributed by atoms with E-state index in [1.54, 1.807) is 12.4 Å². The Hall–Kier alpha value is -2.86. The number of carbonyl (C=O) groups is 1. The Morgan fingerprint density at radius 3 is 2.53 bits per heavy atom. The van der Waals surface area contributed by atoms with Gasteiger partial charge in [-0.2, -0.15) is 0 Å². The van der Waals surface area contributed by atoms with Crippen molar-refractivity contribution >= 4 is 27.8 Å². The minimum atomic E-state index is -4.00. The molecule has 1 amide bonds. The number of aromatic nitrogens is 2. The number of nitrogens with zero attached hydrogens (tertiary/aromatic N) is 2. The van der Waals surface area contributed by atoms with Gasteiger partial charge in [0.05, 0.1) is 16.6 Å². The van der Waals surface area contributed by atoms with E-state index in [0.29, 0.717) is 25.7 Å². The fraction of sp³-hybridized carbons (Fsp3) is 0.500. The second-order valence-corrected chi connectivity index (χ2v) is 10.3. The number of rotatable bonds is 6. The molecule has 2 fully saturated rings. The van der Waals surface area contributed by atoms with Crippen molar-refractivity contribution in [1.29, 1.82) is 0 Å². The van der Waals surface area contributed by atoms with Crippen LogP contribution >= 0.6 is 0 Å². The highest BCUT2D eigenvalue weighted by atomic mass is 32.2. The summed E-state index contributed by atoms with van der Waals surface area (Å²) in [6, 6.07) is 2.77. The standard InChI is InChI=1S/C22H27F2N5O4S/c23-17-3-1-2-4-19(17)29-22(30)33-15-6-5-13(9-15)14-11-26-21(27-12-14)28-20-8-7-16(10-18(20)24)34(25,31)32/h7-8,10-13,15,17,19H,1-6,9H2,(H,29,30)(H2,25,31,32)(H,26,27,28)/t13-,15+,17+,19-/m0/s1. The van der Waals surface area contributed by atoms with Gasteiger partial charge in [-0.05, 0) is 61.8 Å². The van der Waals surface area contributed by atoms with Gasteiger partial charge in [0, 0.05) is 12.4 Å². The van der Waals surface area contributed by atoms with Crippen LogP contribution in [0.4, 0.5) is 25.2 Å². The molecule has 4 N–H and O–H groups in total. The van der Waals surface area contributed by atoms with E-state index in [9.17, 15) is 22.0 Å². The van der Waals surface area contributed by atoms with Gasteiger partial charge in [-0.3, -0.25) is 0 Å². The molecule has 1 heterocycles. The molecular weight excluding hydrogens is 468 g/mol. The Bertz CT molecular complexity index is 1130. The number of nitrogens with one attached hydrogen (secondary N) is 2. The van der Waals surface area contributed by atoms with Crippen molar-refractivity contribution in [3.05, 3.63) is 42.0 Å². The molecule has 2 aromatic rings. The van der Waals surface area contributed by atoms with Gasteiger partial charge in [0.2, 0.25) is 16.0 Å². The highest BCUT2D eigenvalue weighted by Gasteiger charge is 2.31. The molecule has 1 aromatic heterocycles. The van der Waals surface area contributed by atoms with E-state index in [1.165, 1.54) is 12.1 Å². The second kappa shape index (κ2) is 10.2. The van der Waals surface area contributed by atoms with Gasteiger partial charge in [-0.1, -0.05) is 12.8 Å². The number of amides is 1. The molecule has 0 radical (unpaired) electrons. The summed E-state index contributed by atoms with van der Waals surface area (Å²) in [7, 11) is -4.00. The molecule has 4 atom stereocenters. The van der Waals surface area contributed by atoms with Crippen LogP contribution in [-0.4, -0.2) is 42.8 Å². The highest BCUT2D eigenvalue weighted by Crippen LogP contribution is 2.36. The van der Waals surface area contributed by atoms with Gasteiger partial charge in [0.15, 0.2) is 0 Å². The maximum atomic E-state index is 14.2. The number of hydrogen-bond acceptors (Lipinski definition) is 7. The molecule has 0 unspecified atom stereocenters. The van der Waals surface area contributed by atoms with Crippen LogP contribution in [0.15, 0.2) is 35.5 Å². The molecular formula is C22H27F2N5O4S. The van der Waals surface area contributed by atoms with Gasteiger partial charge in [0.25, 0.3) is 0 Å². The predicted octanol–water partition coefficient (Wildman–Crippen LogP) is 3.65. The maximum absolute atomic E-state index is 14.2. The number of benzene rings is 1. The fourth-order valence-corrected chi connectivity index (χ4v) is 4.97. The molecule has 1 aromatic carbocycles. The van der Waals surface area contributed by atoms with Crippen LogP contribution in [0, 0.1) is 5.82 Å². The molecule has 9 nitrogen and oxygen atoms in total. The Balaban J connectivity index is 1.30. The van der Waals surface area contributed by atoms with Crippen LogP contribution in [-0.2, 0) is 14.8 Å². The predicted molar refractivity (Wildman–Crippen MR) is 120 cm³/mol. The summed E-state index contributed by atoms with van der Waals surface area (Å²) in [4.78, 5) is 20.3. The highest BCUT2D eigenvalue weighted by molar-refractivity contribution is 7.89. The van der Waals surface area contributed by atoms with E-state index in [-0.39, 0.29) is 28.6 Å². The number of anilines is 2. The van der Waals surface area contributed by atoms with Crippen molar-refractivity contribution in [2.75, 3.05) is 5.32 Å². The monoisotopic (exact) mass is 495 g/mol. The molecule has 2 saturated carbocycles. The average molecular weight is 496 g/mol. The first-order chi connectivity index (χ1) is 16.2. The summed E-state index contributed by atoms with van der Waals surface area (Å²) in [6.07, 6.45) is 6.28. The zero-order valence-corrected chi connectivity index (χ0v) is 19.2. The number of hydrogen-bond donors (Lipinski definition) is 3. The summed E-state index contributed by atoms with van der Waals surface area (Å²) in [6.45, 7) is 0. The van der Waals surface area contributed by atoms with Crippen LogP contribution in [0.5, 0.6) is 0 Å². The Morgan fingerprint density at radius 2 is 1.85 bits per heavy atom. The first-order valence-corrected chi connectivity index (χ1v) is 12.8. The smallest absolute Gasteiger partial charge is 0.407 e. The molecule has 2 aliphatic rings. The average Bonchev–Trinajstić information content (AvgIpc) is 3.25. The number of halogens is 2. The number of alkyl carbamates (subject to hydrolysis) is 1. The van der Waals surface area contributed by atoms with Gasteiger partial charge < -0.3 is 15.4 Å². The van der Waals surface area contributed by atoms with E-state index in [1.807, 2.05) is 0 Å². The second-order valence-electron chi connectivity index (χ2n) is 8.74. The number of sulfonamides is 1. The van der Waals surface area contributed by atoms with E-state index in [0.717, 1.165) is 30.9 Å². The lowest BCUT2D eigenvalue weighted by molar-refractivity contribution is 0.0874. The lowest BCUT2D eigenvalue weighted by Crippen LogP contribution is -2.44. The van der Waals surface area contributed by atoms with E-state index in [4.69, 9.17) is 9.88 Å². The Labute approximate surface area is 196 Å². The van der Waals surface area contributed by atoms with Crippen molar-refractivity contribution in [3.63, 3.8) is 0 Å². The lowest BCUT2D eigenvalue weighted by atomic mass is 9.94. The molecule has 0 spiro atoms. The van der Waals surface area contributed by atoms with E-state index in [2.05, 4.69) is 20.6 Å². The van der Waals surface area contributed by atoms with Crippen LogP contribution in [0.2, 0.25) is 0 Å². The third-order valence-electron chi connectivity index (χ3n) is 6.30. The molecule has 2 aliphatic carbocycles. The minimum absolute atomic E-state index is 0.00831. The van der Waals surface area contributed by atoms with Crippen LogP contribution in [0.3, 0.4) is 0 Å². The minimum Gasteiger partial charge on any atom is -0.446 e. The fourth-order valence-electron chi connectivity index (χ4n) is 4.44. The van der Waals surface area contributed by atoms with Crippen molar-refractivity contribution in [2.45, 2.75) is 74.1 Å². The summed E-state index contributed by atoms with van der Waals surface area (Å²) in [5.41, 5.74) is 0.868. The van der Waals surface area contributed by atoms with Gasteiger partial charge >= 0.3 is 6.09 Å². The largest absolute Gasteiger partial charge is 0.446 e. The lowest BCUT2D eigenvalue weighted by Gasteiger charge is -2.26. The molecule has 0 saturated heterocycles. The SMILES string of the molecule is NS(=O)(=O)c1ccc(Nc2ncc([C@H]3CC[C@@H](OC(=O)N[C@H]4CCCC[C@H]4F)C3)cn2)c(F)c1. The van der Waals surface area contributed by atoms with Crippen molar-refractivity contribution in [2.24, 2.45) is 5.14 Å². The summed E-state index contributed by atoms with van der Waals surface area (Å²) in [5, 5.41) is 10.4. The Morgan fingerprint density at radius 1 is 1.12 bits per heavy atom. The molecule has 184 valence electrons. The summed E-state index contributed by atoms with van der Waals surface area (Å²) >= 11 is 0. The number of primary sulfonamides is 1. The van der Waals surface area contributed by atoms with Gasteiger partial charge in [-0.15, -0.1) is 0 Å². The number of nitrogens with two attached hydrogens (primary N) is 1.